The number of hydrogen-bond acceptors (Lipinski definition) is 6. The molecule has 22 heavy (non-hydrogen) atoms. The minimum absolute atomic E-state index is 0.0800. The van der Waals surface area contributed by atoms with Crippen molar-refractivity contribution >= 4 is 15.8 Å². The van der Waals surface area contributed by atoms with Crippen LogP contribution in [0.5, 0.6) is 0 Å². The van der Waals surface area contributed by atoms with E-state index in [0.717, 1.165) is 32.5 Å². The fraction of sp³-hybridized carbons (Fsp3) is 0.462. The molecule has 0 amide bonds. The maximum absolute atomic E-state index is 11.7. The van der Waals surface area contributed by atoms with Crippen LogP contribution in [0.3, 0.4) is 0 Å². The number of piperidine rings is 1. The molecule has 0 spiro atoms. The monoisotopic (exact) mass is 322 g/mol. The van der Waals surface area contributed by atoms with Crippen LogP contribution >= 0.6 is 0 Å². The summed E-state index contributed by atoms with van der Waals surface area (Å²) in [6.45, 7) is 2.25. The topological polar surface area (TPSA) is 107 Å². The van der Waals surface area contributed by atoms with Crippen LogP contribution in [0.2, 0.25) is 0 Å². The first-order valence-electron chi connectivity index (χ1n) is 7.11. The van der Waals surface area contributed by atoms with Gasteiger partial charge in [-0.25, -0.2) is 18.5 Å². The highest BCUT2D eigenvalue weighted by atomic mass is 32.2. The molecule has 0 aromatic carbocycles. The Hall–Kier alpha value is -2.00. The van der Waals surface area contributed by atoms with Gasteiger partial charge in [0.2, 0.25) is 10.0 Å². The standard InChI is InChI=1S/C13H18N6O2S/c14-22(20,21)12-4-1-5-15-13(12)18-7-2-3-11(9-18)10-19-8-6-16-17-19/h1,4-6,8,11H,2-3,7,9-10H2,(H2,14,20,21)/t11-/m0/s1. The SMILES string of the molecule is NS(=O)(=O)c1cccnc1N1CCC[C@H](Cn2ccnn2)C1. The number of pyridine rings is 1. The molecule has 0 bridgehead atoms. The first-order chi connectivity index (χ1) is 10.5. The van der Waals surface area contributed by atoms with Gasteiger partial charge in [0.05, 0.1) is 6.20 Å². The van der Waals surface area contributed by atoms with Gasteiger partial charge in [-0.15, -0.1) is 5.10 Å². The molecule has 0 unspecified atom stereocenters. The smallest absolute Gasteiger partial charge is 0.241 e. The zero-order valence-electron chi connectivity index (χ0n) is 12.0. The van der Waals surface area contributed by atoms with Crippen LogP contribution in [-0.2, 0) is 16.6 Å². The molecular formula is C13H18N6O2S. The van der Waals surface area contributed by atoms with Crippen LogP contribution in [0.1, 0.15) is 12.8 Å². The van der Waals surface area contributed by atoms with E-state index in [0.29, 0.717) is 11.7 Å². The Morgan fingerprint density at radius 2 is 2.23 bits per heavy atom. The molecule has 3 heterocycles. The zero-order valence-corrected chi connectivity index (χ0v) is 12.9. The second-order valence-electron chi connectivity index (χ2n) is 5.45. The predicted molar refractivity (Wildman–Crippen MR) is 80.6 cm³/mol. The first-order valence-corrected chi connectivity index (χ1v) is 8.65. The molecule has 118 valence electrons. The molecule has 3 rings (SSSR count). The van der Waals surface area contributed by atoms with Gasteiger partial charge < -0.3 is 4.90 Å². The number of anilines is 1. The fourth-order valence-corrected chi connectivity index (χ4v) is 3.55. The Morgan fingerprint density at radius 3 is 2.95 bits per heavy atom. The van der Waals surface area contributed by atoms with Crippen molar-refractivity contribution in [1.82, 2.24) is 20.0 Å². The van der Waals surface area contributed by atoms with Crippen LogP contribution in [0, 0.1) is 5.92 Å². The molecule has 0 aliphatic carbocycles. The van der Waals surface area contributed by atoms with Gasteiger partial charge in [-0.05, 0) is 30.9 Å². The van der Waals surface area contributed by atoms with E-state index in [9.17, 15) is 8.42 Å². The number of primary sulfonamides is 1. The van der Waals surface area contributed by atoms with Gasteiger partial charge in [-0.2, -0.15) is 0 Å². The molecule has 0 radical (unpaired) electrons. The van der Waals surface area contributed by atoms with Crippen molar-refractivity contribution in [3.63, 3.8) is 0 Å². The van der Waals surface area contributed by atoms with E-state index in [-0.39, 0.29) is 4.90 Å². The Labute approximate surface area is 129 Å². The molecule has 2 aromatic rings. The second kappa shape index (κ2) is 6.01. The lowest BCUT2D eigenvalue weighted by Gasteiger charge is -2.34. The predicted octanol–water partition coefficient (Wildman–Crippen LogP) is 0.237. The van der Waals surface area contributed by atoms with E-state index in [2.05, 4.69) is 15.3 Å². The number of nitrogens with zero attached hydrogens (tertiary/aromatic N) is 5. The number of rotatable bonds is 4. The Bertz CT molecular complexity index is 731. The highest BCUT2D eigenvalue weighted by Gasteiger charge is 2.25. The van der Waals surface area contributed by atoms with Crippen molar-refractivity contribution in [2.24, 2.45) is 11.1 Å². The van der Waals surface area contributed by atoms with Crippen LogP contribution in [0.4, 0.5) is 5.82 Å². The highest BCUT2D eigenvalue weighted by molar-refractivity contribution is 7.89. The molecule has 1 aliphatic heterocycles. The summed E-state index contributed by atoms with van der Waals surface area (Å²) in [6.07, 6.45) is 7.10. The van der Waals surface area contributed by atoms with Crippen LogP contribution in [0.15, 0.2) is 35.6 Å². The molecule has 1 saturated heterocycles. The van der Waals surface area contributed by atoms with Crippen molar-refractivity contribution in [2.75, 3.05) is 18.0 Å². The Balaban J connectivity index is 1.80. The Morgan fingerprint density at radius 1 is 1.36 bits per heavy atom. The van der Waals surface area contributed by atoms with E-state index < -0.39 is 10.0 Å². The zero-order chi connectivity index (χ0) is 15.6. The van der Waals surface area contributed by atoms with Crippen molar-refractivity contribution in [2.45, 2.75) is 24.3 Å². The normalized spacial score (nSPS) is 19.3. The lowest BCUT2D eigenvalue weighted by molar-refractivity contribution is 0.346. The van der Waals surface area contributed by atoms with Gasteiger partial charge in [0.15, 0.2) is 0 Å². The summed E-state index contributed by atoms with van der Waals surface area (Å²) in [5.41, 5.74) is 0. The van der Waals surface area contributed by atoms with Crippen molar-refractivity contribution in [1.29, 1.82) is 0 Å². The van der Waals surface area contributed by atoms with Gasteiger partial charge in [-0.3, -0.25) is 4.68 Å². The van der Waals surface area contributed by atoms with E-state index >= 15 is 0 Å². The van der Waals surface area contributed by atoms with Gasteiger partial charge in [-0.1, -0.05) is 5.21 Å². The van der Waals surface area contributed by atoms with Crippen molar-refractivity contribution in [3.05, 3.63) is 30.7 Å². The summed E-state index contributed by atoms with van der Waals surface area (Å²) >= 11 is 0. The summed E-state index contributed by atoms with van der Waals surface area (Å²) in [5, 5.41) is 13.1. The fourth-order valence-electron chi connectivity index (χ4n) is 2.84. The maximum atomic E-state index is 11.7. The second-order valence-corrected chi connectivity index (χ2v) is 6.98. The van der Waals surface area contributed by atoms with E-state index in [1.165, 1.54) is 6.07 Å². The number of sulfonamides is 1. The minimum atomic E-state index is -3.78. The Kier molecular flexibility index (Phi) is 4.08. The maximum Gasteiger partial charge on any atom is 0.241 e. The number of aromatic nitrogens is 4. The number of nitrogens with two attached hydrogens (primary N) is 1. The van der Waals surface area contributed by atoms with Crippen molar-refractivity contribution in [3.8, 4) is 0 Å². The molecule has 2 aromatic heterocycles. The summed E-state index contributed by atoms with van der Waals surface area (Å²) in [4.78, 5) is 6.30. The van der Waals surface area contributed by atoms with Gasteiger partial charge in [0.1, 0.15) is 10.7 Å². The third kappa shape index (κ3) is 3.25. The first kappa shape index (κ1) is 14.9. The summed E-state index contributed by atoms with van der Waals surface area (Å²) in [5.74, 6) is 0.805. The highest BCUT2D eigenvalue weighted by Crippen LogP contribution is 2.27. The summed E-state index contributed by atoms with van der Waals surface area (Å²) in [6, 6.07) is 3.08. The number of hydrogen-bond donors (Lipinski definition) is 1. The molecule has 1 atom stereocenters. The lowest BCUT2D eigenvalue weighted by atomic mass is 9.98. The lowest BCUT2D eigenvalue weighted by Crippen LogP contribution is -2.38. The molecule has 1 fully saturated rings. The van der Waals surface area contributed by atoms with E-state index in [1.54, 1.807) is 23.1 Å². The van der Waals surface area contributed by atoms with Gasteiger partial charge >= 0.3 is 0 Å². The molecule has 2 N–H and O–H groups in total. The molecule has 9 heteroatoms. The van der Waals surface area contributed by atoms with Crippen LogP contribution < -0.4 is 10.0 Å². The molecular weight excluding hydrogens is 304 g/mol. The van der Waals surface area contributed by atoms with Crippen molar-refractivity contribution < 1.29 is 8.42 Å². The average molecular weight is 322 g/mol. The quantitative estimate of drug-likeness (QED) is 0.864. The summed E-state index contributed by atoms with van der Waals surface area (Å²) in [7, 11) is -3.78. The third-order valence-corrected chi connectivity index (χ3v) is 4.72. The van der Waals surface area contributed by atoms with Gasteiger partial charge in [0, 0.05) is 32.0 Å². The van der Waals surface area contributed by atoms with Crippen LogP contribution in [0.25, 0.3) is 0 Å². The molecule has 0 saturated carbocycles. The summed E-state index contributed by atoms with van der Waals surface area (Å²) < 4.78 is 25.2. The third-order valence-electron chi connectivity index (χ3n) is 3.79. The van der Waals surface area contributed by atoms with Crippen LogP contribution in [-0.4, -0.2) is 41.5 Å². The van der Waals surface area contributed by atoms with E-state index in [1.807, 2.05) is 11.1 Å². The minimum Gasteiger partial charge on any atom is -0.355 e. The molecule has 1 aliphatic rings. The van der Waals surface area contributed by atoms with E-state index in [4.69, 9.17) is 5.14 Å². The van der Waals surface area contributed by atoms with Gasteiger partial charge in [0.25, 0.3) is 0 Å². The average Bonchev–Trinajstić information content (AvgIpc) is 3.00. The largest absolute Gasteiger partial charge is 0.355 e. The molecule has 8 nitrogen and oxygen atoms in total.